The third kappa shape index (κ3) is 5.04. The molecule has 0 radical (unpaired) electrons. The van der Waals surface area contributed by atoms with Gasteiger partial charge in [0.05, 0.1) is 11.6 Å². The second kappa shape index (κ2) is 6.79. The van der Waals surface area contributed by atoms with E-state index in [9.17, 15) is 9.66 Å². The van der Waals surface area contributed by atoms with Crippen LogP contribution in [0.2, 0.25) is 0 Å². The summed E-state index contributed by atoms with van der Waals surface area (Å²) in [6.45, 7) is 9.52. The Hall–Kier alpha value is -0.0700. The number of halogens is 1. The molecule has 0 aromatic heterocycles. The van der Waals surface area contributed by atoms with Crippen molar-refractivity contribution in [3.8, 4) is 0 Å². The van der Waals surface area contributed by atoms with Gasteiger partial charge in [-0.15, -0.1) is 4.72 Å². The van der Waals surface area contributed by atoms with Gasteiger partial charge >= 0.3 is 0 Å². The van der Waals surface area contributed by atoms with Crippen molar-refractivity contribution in [3.05, 3.63) is 34.3 Å². The summed E-state index contributed by atoms with van der Waals surface area (Å²) in [4.78, 5) is 0. The van der Waals surface area contributed by atoms with E-state index in [1.807, 2.05) is 52.0 Å². The standard InChI is InChI=1S/C15H24BrNO2S/c1-11(18)10-15(5,17-20(19)14(2,3)4)12-7-6-8-13(16)9-12/h6-9,11,17-18H,10H2,1-5H3/t11-,15+,20?/m1/s1. The molecule has 0 amide bonds. The maximum Gasteiger partial charge on any atom is 0.136 e. The molecule has 0 spiro atoms. The minimum atomic E-state index is -1.21. The van der Waals surface area contributed by atoms with Crippen LogP contribution in [0.5, 0.6) is 0 Å². The van der Waals surface area contributed by atoms with Crippen molar-refractivity contribution in [3.63, 3.8) is 0 Å². The van der Waals surface area contributed by atoms with E-state index in [4.69, 9.17) is 0 Å². The highest BCUT2D eigenvalue weighted by molar-refractivity contribution is 9.10. The van der Waals surface area contributed by atoms with Crippen LogP contribution in [-0.2, 0) is 16.9 Å². The number of nitrogens with one attached hydrogen (secondary N) is 1. The summed E-state index contributed by atoms with van der Waals surface area (Å²) in [6.07, 6.45) is 0.00843. The summed E-state index contributed by atoms with van der Waals surface area (Å²) in [6, 6.07) is 7.88. The fourth-order valence-electron chi connectivity index (χ4n) is 2.00. The van der Waals surface area contributed by atoms with Gasteiger partial charge in [-0.05, 0) is 58.7 Å². The van der Waals surface area contributed by atoms with E-state index in [1.165, 1.54) is 0 Å². The van der Waals surface area contributed by atoms with Crippen molar-refractivity contribution >= 4 is 27.3 Å². The summed E-state index contributed by atoms with van der Waals surface area (Å²) >= 11 is 2.25. The van der Waals surface area contributed by atoms with E-state index in [-0.39, 0.29) is 4.75 Å². The fraction of sp³-hybridized carbons (Fsp3) is 0.600. The second-order valence-electron chi connectivity index (χ2n) is 6.38. The van der Waals surface area contributed by atoms with Crippen LogP contribution < -0.4 is 4.72 Å². The molecule has 3 nitrogen and oxygen atoms in total. The van der Waals surface area contributed by atoms with Gasteiger partial charge in [0, 0.05) is 15.8 Å². The van der Waals surface area contributed by atoms with Crippen molar-refractivity contribution in [1.82, 2.24) is 4.72 Å². The number of rotatable bonds is 5. The van der Waals surface area contributed by atoms with E-state index in [0.29, 0.717) is 6.42 Å². The van der Waals surface area contributed by atoms with Gasteiger partial charge < -0.3 is 9.66 Å². The highest BCUT2D eigenvalue weighted by atomic mass is 79.9. The lowest BCUT2D eigenvalue weighted by molar-refractivity contribution is 0.147. The minimum absolute atomic E-state index is 0.355. The maximum absolute atomic E-state index is 12.4. The summed E-state index contributed by atoms with van der Waals surface area (Å²) in [5.41, 5.74) is 0.459. The third-order valence-electron chi connectivity index (χ3n) is 3.04. The first-order valence-corrected chi connectivity index (χ1v) is 8.63. The largest absolute Gasteiger partial charge is 0.598 e. The van der Waals surface area contributed by atoms with Crippen LogP contribution in [0.25, 0.3) is 0 Å². The average Bonchev–Trinajstić information content (AvgIpc) is 2.26. The first kappa shape index (κ1) is 18.0. The number of hydrogen-bond donors (Lipinski definition) is 2. The predicted octanol–water partition coefficient (Wildman–Crippen LogP) is 3.49. The molecule has 0 aliphatic rings. The lowest BCUT2D eigenvalue weighted by Crippen LogP contribution is -2.51. The number of aliphatic hydroxyl groups is 1. The Morgan fingerprint density at radius 1 is 1.35 bits per heavy atom. The molecule has 1 rings (SSSR count). The summed E-state index contributed by atoms with van der Waals surface area (Å²) in [5.74, 6) is 0. The first-order valence-electron chi connectivity index (χ1n) is 6.68. The van der Waals surface area contributed by atoms with Gasteiger partial charge in [0.2, 0.25) is 0 Å². The SMILES string of the molecule is C[C@@H](O)C[C@](C)(N[S+]([O-])C(C)(C)C)c1cccc(Br)c1. The molecular weight excluding hydrogens is 338 g/mol. The van der Waals surface area contributed by atoms with Crippen LogP contribution >= 0.6 is 15.9 Å². The van der Waals surface area contributed by atoms with Crippen LogP contribution in [0.15, 0.2) is 28.7 Å². The zero-order valence-corrected chi connectivity index (χ0v) is 15.1. The highest BCUT2D eigenvalue weighted by Gasteiger charge is 2.37. The maximum atomic E-state index is 12.4. The Kier molecular flexibility index (Phi) is 6.11. The Morgan fingerprint density at radius 2 is 1.95 bits per heavy atom. The molecule has 1 aromatic carbocycles. The molecule has 1 unspecified atom stereocenters. The molecule has 1 aromatic rings. The van der Waals surface area contributed by atoms with Gasteiger partial charge in [-0.3, -0.25) is 0 Å². The van der Waals surface area contributed by atoms with Crippen molar-refractivity contribution in [1.29, 1.82) is 0 Å². The van der Waals surface area contributed by atoms with Gasteiger partial charge in [0.25, 0.3) is 0 Å². The second-order valence-corrected chi connectivity index (χ2v) is 9.26. The summed E-state index contributed by atoms with van der Waals surface area (Å²) < 4.78 is 16.2. The number of aliphatic hydroxyl groups excluding tert-OH is 1. The van der Waals surface area contributed by atoms with Gasteiger partial charge in [-0.1, -0.05) is 28.1 Å². The smallest absolute Gasteiger partial charge is 0.136 e. The van der Waals surface area contributed by atoms with Crippen molar-refractivity contribution in [2.75, 3.05) is 0 Å². The summed E-state index contributed by atoms with van der Waals surface area (Å²) in [5, 5.41) is 9.78. The van der Waals surface area contributed by atoms with Crippen molar-refractivity contribution in [2.24, 2.45) is 0 Å². The van der Waals surface area contributed by atoms with Crippen LogP contribution in [0.4, 0.5) is 0 Å². The van der Waals surface area contributed by atoms with Crippen molar-refractivity contribution in [2.45, 2.75) is 57.4 Å². The number of hydrogen-bond acceptors (Lipinski definition) is 3. The molecule has 3 atom stereocenters. The Balaban J connectivity index is 3.09. The zero-order valence-electron chi connectivity index (χ0n) is 12.7. The van der Waals surface area contributed by atoms with Crippen molar-refractivity contribution < 1.29 is 9.66 Å². The lowest BCUT2D eigenvalue weighted by atomic mass is 9.88. The molecule has 0 heterocycles. The quantitative estimate of drug-likeness (QED) is 0.789. The molecule has 0 aliphatic heterocycles. The van der Waals surface area contributed by atoms with Gasteiger partial charge in [0.1, 0.15) is 4.75 Å². The van der Waals surface area contributed by atoms with Gasteiger partial charge in [-0.2, -0.15) is 0 Å². The molecule has 0 fully saturated rings. The molecule has 0 aliphatic carbocycles. The van der Waals surface area contributed by atoms with Crippen LogP contribution in [0.3, 0.4) is 0 Å². The van der Waals surface area contributed by atoms with E-state index in [0.717, 1.165) is 10.0 Å². The average molecular weight is 362 g/mol. The Bertz CT molecular complexity index is 448. The molecule has 20 heavy (non-hydrogen) atoms. The van der Waals surface area contributed by atoms with Crippen LogP contribution in [0.1, 0.15) is 46.6 Å². The topological polar surface area (TPSA) is 55.3 Å². The van der Waals surface area contributed by atoms with Gasteiger partial charge in [-0.25, -0.2) is 0 Å². The molecule has 0 bridgehead atoms. The van der Waals surface area contributed by atoms with Crippen LogP contribution in [-0.4, -0.2) is 20.5 Å². The Labute approximate surface area is 133 Å². The monoisotopic (exact) mass is 361 g/mol. The van der Waals surface area contributed by atoms with Gasteiger partial charge in [0.15, 0.2) is 0 Å². The third-order valence-corrected chi connectivity index (χ3v) is 5.28. The minimum Gasteiger partial charge on any atom is -0.598 e. The van der Waals surface area contributed by atoms with E-state index < -0.39 is 23.0 Å². The normalized spacial score (nSPS) is 18.4. The number of benzene rings is 1. The van der Waals surface area contributed by atoms with E-state index >= 15 is 0 Å². The lowest BCUT2D eigenvalue weighted by Gasteiger charge is -2.36. The summed E-state index contributed by atoms with van der Waals surface area (Å²) in [7, 11) is 0. The van der Waals surface area contributed by atoms with Crippen LogP contribution in [0, 0.1) is 0 Å². The highest BCUT2D eigenvalue weighted by Crippen LogP contribution is 2.31. The predicted molar refractivity (Wildman–Crippen MR) is 88.8 cm³/mol. The molecule has 0 saturated carbocycles. The molecule has 0 saturated heterocycles. The first-order chi connectivity index (χ1) is 9.04. The Morgan fingerprint density at radius 3 is 2.40 bits per heavy atom. The van der Waals surface area contributed by atoms with E-state index in [1.54, 1.807) is 6.92 Å². The zero-order chi connectivity index (χ0) is 15.6. The fourth-order valence-corrected chi connectivity index (χ4v) is 3.31. The molecule has 5 heteroatoms. The van der Waals surface area contributed by atoms with E-state index in [2.05, 4.69) is 20.7 Å². The molecule has 2 N–H and O–H groups in total. The molecular formula is C15H24BrNO2S. The molecule has 114 valence electrons.